The summed E-state index contributed by atoms with van der Waals surface area (Å²) in [4.78, 5) is 0. The van der Waals surface area contributed by atoms with Gasteiger partial charge in [0.1, 0.15) is 0 Å². The second-order valence-corrected chi connectivity index (χ2v) is 15.3. The van der Waals surface area contributed by atoms with E-state index < -0.39 is 0 Å². The molecule has 0 bridgehead atoms. The van der Waals surface area contributed by atoms with Gasteiger partial charge in [-0.15, -0.1) is 0 Å². The van der Waals surface area contributed by atoms with E-state index in [1.807, 2.05) is 0 Å². The van der Waals surface area contributed by atoms with E-state index in [-0.39, 0.29) is 0 Å². The summed E-state index contributed by atoms with van der Waals surface area (Å²) in [7, 11) is 0. The van der Waals surface area contributed by atoms with Crippen LogP contribution in [0.5, 0.6) is 0 Å². The highest BCUT2D eigenvalue weighted by Crippen LogP contribution is 2.47. The van der Waals surface area contributed by atoms with Crippen molar-refractivity contribution in [1.82, 2.24) is 0 Å². The zero-order valence-corrected chi connectivity index (χ0v) is 31.2. The van der Waals surface area contributed by atoms with Gasteiger partial charge in [0.25, 0.3) is 0 Å². The Balaban J connectivity index is 1.43. The van der Waals surface area contributed by atoms with Crippen LogP contribution in [0.1, 0.15) is 22.3 Å². The molecule has 0 aliphatic carbocycles. The maximum atomic E-state index is 2.45. The summed E-state index contributed by atoms with van der Waals surface area (Å²) >= 11 is 0. The molecule has 256 valence electrons. The van der Waals surface area contributed by atoms with E-state index in [0.29, 0.717) is 0 Å². The first-order chi connectivity index (χ1) is 26.4. The molecule has 0 nitrogen and oxygen atoms in total. The highest BCUT2D eigenvalue weighted by molar-refractivity contribution is 6.40. The van der Waals surface area contributed by atoms with Crippen LogP contribution >= 0.6 is 0 Å². The number of benzene rings is 10. The van der Waals surface area contributed by atoms with Gasteiger partial charge in [0, 0.05) is 0 Å². The molecule has 10 aromatic rings. The maximum Gasteiger partial charge on any atom is -0.00134 e. The summed E-state index contributed by atoms with van der Waals surface area (Å²) in [6.07, 6.45) is 0. The predicted molar refractivity (Wildman–Crippen MR) is 235 cm³/mol. The standard InChI is InChI=1S/C54H40/c1-33-9-5-13-37(25-33)41-17-21-45-46-22-18-43(39-15-7-11-35(3)27-39)31-51(46)54-52-32-44(40-16-8-12-36(4)28-40)20-24-48(52)47-23-19-42(38-14-6-10-34(2)26-38)30-50(47)53(54)49(45)29-41/h5-32H,1-4H3. The largest absolute Gasteiger partial charge is 0.0614 e. The smallest absolute Gasteiger partial charge is 0.00134 e. The van der Waals surface area contributed by atoms with Gasteiger partial charge in [0.15, 0.2) is 0 Å². The summed E-state index contributed by atoms with van der Waals surface area (Å²) in [6.45, 7) is 8.71. The fraction of sp³-hybridized carbons (Fsp3) is 0.0741. The molecule has 0 fully saturated rings. The molecule has 0 amide bonds. The van der Waals surface area contributed by atoms with Crippen molar-refractivity contribution in [3.8, 4) is 44.5 Å². The minimum atomic E-state index is 1.24. The normalized spacial score (nSPS) is 11.7. The molecular formula is C54H40. The first kappa shape index (κ1) is 32.2. The van der Waals surface area contributed by atoms with Gasteiger partial charge in [-0.1, -0.05) is 168 Å². The summed E-state index contributed by atoms with van der Waals surface area (Å²) in [5.41, 5.74) is 15.0. The highest BCUT2D eigenvalue weighted by atomic mass is 14.2. The lowest BCUT2D eigenvalue weighted by Gasteiger charge is -2.19. The monoisotopic (exact) mass is 688 g/mol. The third-order valence-electron chi connectivity index (χ3n) is 11.4. The molecule has 54 heavy (non-hydrogen) atoms. The number of fused-ring (bicyclic) bond motifs is 11. The molecule has 0 heterocycles. The first-order valence-corrected chi connectivity index (χ1v) is 19.0. The Bertz CT molecular complexity index is 2720. The number of rotatable bonds is 4. The quantitative estimate of drug-likeness (QED) is 0.161. The lowest BCUT2D eigenvalue weighted by atomic mass is 9.84. The van der Waals surface area contributed by atoms with Crippen molar-refractivity contribution in [3.63, 3.8) is 0 Å². The zero-order valence-electron chi connectivity index (χ0n) is 31.2. The fourth-order valence-corrected chi connectivity index (χ4v) is 8.79. The van der Waals surface area contributed by atoms with E-state index in [1.165, 1.54) is 121 Å². The van der Waals surface area contributed by atoms with Crippen molar-refractivity contribution in [2.45, 2.75) is 27.7 Å². The molecule has 0 atom stereocenters. The van der Waals surface area contributed by atoms with Crippen LogP contribution in [0.15, 0.2) is 170 Å². The van der Waals surface area contributed by atoms with Crippen LogP contribution < -0.4 is 0 Å². The van der Waals surface area contributed by atoms with E-state index in [0.717, 1.165) is 0 Å². The molecule has 0 N–H and O–H groups in total. The fourth-order valence-electron chi connectivity index (χ4n) is 8.79. The average molecular weight is 689 g/mol. The molecule has 0 aliphatic heterocycles. The Morgan fingerprint density at radius 1 is 0.204 bits per heavy atom. The third kappa shape index (κ3) is 5.37. The summed E-state index contributed by atoms with van der Waals surface area (Å²) < 4.78 is 0. The van der Waals surface area contributed by atoms with Gasteiger partial charge in [-0.25, -0.2) is 0 Å². The van der Waals surface area contributed by atoms with Crippen LogP contribution in [0.25, 0.3) is 98.4 Å². The van der Waals surface area contributed by atoms with Crippen LogP contribution in [0, 0.1) is 27.7 Å². The van der Waals surface area contributed by atoms with Gasteiger partial charge < -0.3 is 0 Å². The first-order valence-electron chi connectivity index (χ1n) is 19.0. The lowest BCUT2D eigenvalue weighted by molar-refractivity contribution is 1.47. The number of hydrogen-bond donors (Lipinski definition) is 0. The van der Waals surface area contributed by atoms with E-state index in [4.69, 9.17) is 0 Å². The molecular weight excluding hydrogens is 649 g/mol. The van der Waals surface area contributed by atoms with Crippen molar-refractivity contribution in [1.29, 1.82) is 0 Å². The lowest BCUT2D eigenvalue weighted by Crippen LogP contribution is -1.92. The zero-order chi connectivity index (χ0) is 36.5. The minimum absolute atomic E-state index is 1.24. The molecule has 10 rings (SSSR count). The molecule has 0 saturated heterocycles. The van der Waals surface area contributed by atoms with Crippen molar-refractivity contribution in [3.05, 3.63) is 192 Å². The second-order valence-electron chi connectivity index (χ2n) is 15.3. The number of aryl methyl sites for hydroxylation is 4. The van der Waals surface area contributed by atoms with Crippen molar-refractivity contribution < 1.29 is 0 Å². The molecule has 0 spiro atoms. The SMILES string of the molecule is Cc1cccc(-c2ccc3c4ccc(-c5cccc(C)c5)cc4c4c5cc(-c6cccc(C)c6)ccc5c5ccc(-c6cccc(C)c6)cc5c4c3c2)c1. The number of hydrogen-bond acceptors (Lipinski definition) is 0. The van der Waals surface area contributed by atoms with Crippen molar-refractivity contribution >= 4 is 53.9 Å². The molecule has 0 radical (unpaired) electrons. The van der Waals surface area contributed by atoms with Crippen molar-refractivity contribution in [2.75, 3.05) is 0 Å². The molecule has 0 saturated carbocycles. The summed E-state index contributed by atoms with van der Waals surface area (Å²) in [5, 5.41) is 12.9. The van der Waals surface area contributed by atoms with Gasteiger partial charge in [0.05, 0.1) is 0 Å². The van der Waals surface area contributed by atoms with E-state index in [9.17, 15) is 0 Å². The summed E-state index contributed by atoms with van der Waals surface area (Å²) in [6, 6.07) is 64.1. The van der Waals surface area contributed by atoms with E-state index >= 15 is 0 Å². The highest BCUT2D eigenvalue weighted by Gasteiger charge is 2.19. The molecule has 0 aliphatic rings. The van der Waals surface area contributed by atoms with Crippen LogP contribution in [0.3, 0.4) is 0 Å². The van der Waals surface area contributed by atoms with Gasteiger partial charge in [-0.3, -0.25) is 0 Å². The van der Waals surface area contributed by atoms with Gasteiger partial charge >= 0.3 is 0 Å². The Hall–Kier alpha value is -6.50. The maximum absolute atomic E-state index is 2.45. The van der Waals surface area contributed by atoms with Crippen LogP contribution in [-0.2, 0) is 0 Å². The van der Waals surface area contributed by atoms with E-state index in [2.05, 4.69) is 198 Å². The Morgan fingerprint density at radius 2 is 0.426 bits per heavy atom. The van der Waals surface area contributed by atoms with E-state index in [1.54, 1.807) is 0 Å². The molecule has 0 aromatic heterocycles. The predicted octanol–water partition coefficient (Wildman–Crippen LogP) is 15.4. The Morgan fingerprint density at radius 3 is 0.648 bits per heavy atom. The second kappa shape index (κ2) is 12.6. The van der Waals surface area contributed by atoms with Gasteiger partial charge in [0.2, 0.25) is 0 Å². The Kier molecular flexibility index (Phi) is 7.49. The third-order valence-corrected chi connectivity index (χ3v) is 11.4. The summed E-state index contributed by atoms with van der Waals surface area (Å²) in [5.74, 6) is 0. The van der Waals surface area contributed by atoms with Gasteiger partial charge in [-0.05, 0) is 150 Å². The van der Waals surface area contributed by atoms with Crippen molar-refractivity contribution in [2.24, 2.45) is 0 Å². The van der Waals surface area contributed by atoms with Crippen LogP contribution in [0.4, 0.5) is 0 Å². The molecule has 0 heteroatoms. The average Bonchev–Trinajstić information content (AvgIpc) is 3.20. The molecule has 10 aromatic carbocycles. The van der Waals surface area contributed by atoms with Gasteiger partial charge in [-0.2, -0.15) is 0 Å². The van der Waals surface area contributed by atoms with Crippen LogP contribution in [0.2, 0.25) is 0 Å². The Labute approximate surface area is 317 Å². The molecule has 0 unspecified atom stereocenters. The minimum Gasteiger partial charge on any atom is -0.0614 e. The van der Waals surface area contributed by atoms with Crippen LogP contribution in [-0.4, -0.2) is 0 Å². The topological polar surface area (TPSA) is 0 Å².